The van der Waals surface area contributed by atoms with Gasteiger partial charge in [-0.3, -0.25) is 14.6 Å². The maximum absolute atomic E-state index is 12.8. The first-order valence-electron chi connectivity index (χ1n) is 11.1. The van der Waals surface area contributed by atoms with Crippen molar-refractivity contribution >= 4 is 22.7 Å². The first kappa shape index (κ1) is 24.2. The van der Waals surface area contributed by atoms with Crippen molar-refractivity contribution in [2.45, 2.75) is 60.3 Å². The molecule has 0 fully saturated rings. The molecule has 0 N–H and O–H groups in total. The lowest BCUT2D eigenvalue weighted by Gasteiger charge is -2.14. The second-order valence-corrected chi connectivity index (χ2v) is 7.49. The van der Waals surface area contributed by atoms with E-state index in [0.717, 1.165) is 24.0 Å². The standard InChI is InChI=1S/C26H27NO2.C2H6.2H2/c1-4-20(23-10-8-18(2)16-19(23)3)6-5-7-25(28)24-17-22(9-11-26(24)29)21-12-14-27-15-13-21;1-2;;/h4,8-10,12-17H,5-7,11H2,1-3H3;1-2H3;2*1H/b20-4-;;;. The molecule has 31 heavy (non-hydrogen) atoms. The van der Waals surface area contributed by atoms with Crippen LogP contribution >= 0.6 is 0 Å². The monoisotopic (exact) mass is 419 g/mol. The molecular formula is C28H37NO2. The molecule has 3 rings (SSSR count). The van der Waals surface area contributed by atoms with Gasteiger partial charge in [0, 0.05) is 28.1 Å². The Bertz CT molecular complexity index is 1020. The van der Waals surface area contributed by atoms with E-state index >= 15 is 0 Å². The number of rotatable bonds is 7. The van der Waals surface area contributed by atoms with Gasteiger partial charge in [0.25, 0.3) is 0 Å². The lowest BCUT2D eigenvalue weighted by Crippen LogP contribution is -2.15. The van der Waals surface area contributed by atoms with Crippen LogP contribution in [0.3, 0.4) is 0 Å². The van der Waals surface area contributed by atoms with Crippen molar-refractivity contribution in [1.82, 2.24) is 4.98 Å². The molecule has 3 heteroatoms. The number of nitrogens with zero attached hydrogens (tertiary/aromatic N) is 1. The van der Waals surface area contributed by atoms with Crippen LogP contribution in [0.2, 0.25) is 0 Å². The van der Waals surface area contributed by atoms with Crippen molar-refractivity contribution in [1.29, 1.82) is 0 Å². The SMILES string of the molecule is C/C=C(/CCCC(=O)C1=CC(c2ccncc2)=CCC1=O)c1ccc(C)cc1C.CC.[HH].[HH]. The van der Waals surface area contributed by atoms with E-state index in [0.29, 0.717) is 12.0 Å². The number of benzene rings is 1. The molecule has 0 amide bonds. The van der Waals surface area contributed by atoms with E-state index in [9.17, 15) is 9.59 Å². The van der Waals surface area contributed by atoms with Crippen molar-refractivity contribution in [3.8, 4) is 0 Å². The summed E-state index contributed by atoms with van der Waals surface area (Å²) in [6.07, 6.45) is 11.4. The van der Waals surface area contributed by atoms with Crippen molar-refractivity contribution in [3.63, 3.8) is 0 Å². The summed E-state index contributed by atoms with van der Waals surface area (Å²) in [5, 5.41) is 0. The van der Waals surface area contributed by atoms with E-state index in [2.05, 4.69) is 43.1 Å². The fraction of sp³-hybridized carbons (Fsp3) is 0.321. The molecule has 0 bridgehead atoms. The quantitative estimate of drug-likeness (QED) is 0.441. The maximum atomic E-state index is 12.8. The molecule has 1 aromatic carbocycles. The molecule has 1 heterocycles. The molecule has 0 atom stereocenters. The van der Waals surface area contributed by atoms with Gasteiger partial charge >= 0.3 is 0 Å². The Labute approximate surface area is 189 Å². The summed E-state index contributed by atoms with van der Waals surface area (Å²) in [5.41, 5.74) is 7.20. The van der Waals surface area contributed by atoms with E-state index in [4.69, 9.17) is 0 Å². The van der Waals surface area contributed by atoms with E-state index in [-0.39, 0.29) is 20.8 Å². The number of Topliss-reactive ketones (excluding diaryl/α,β-unsaturated/α-hetero) is 2. The summed E-state index contributed by atoms with van der Waals surface area (Å²) in [7, 11) is 0. The Hall–Kier alpha value is -3.07. The number of aromatic nitrogens is 1. The highest BCUT2D eigenvalue weighted by Crippen LogP contribution is 2.27. The summed E-state index contributed by atoms with van der Waals surface area (Å²) >= 11 is 0. The lowest BCUT2D eigenvalue weighted by atomic mass is 9.89. The largest absolute Gasteiger partial charge is 0.294 e. The Balaban J connectivity index is 0.00000249. The second kappa shape index (κ2) is 11.9. The number of aryl methyl sites for hydroxylation is 2. The summed E-state index contributed by atoms with van der Waals surface area (Å²) in [5.74, 6) is -0.154. The minimum Gasteiger partial charge on any atom is -0.294 e. The zero-order chi connectivity index (χ0) is 22.8. The fourth-order valence-corrected chi connectivity index (χ4v) is 3.77. The van der Waals surface area contributed by atoms with Crippen LogP contribution in [0, 0.1) is 13.8 Å². The predicted octanol–water partition coefficient (Wildman–Crippen LogP) is 7.34. The highest BCUT2D eigenvalue weighted by atomic mass is 16.1. The van der Waals surface area contributed by atoms with Gasteiger partial charge in [-0.1, -0.05) is 49.8 Å². The van der Waals surface area contributed by atoms with Crippen LogP contribution in [0.1, 0.15) is 71.6 Å². The maximum Gasteiger partial charge on any atom is 0.170 e. The first-order valence-corrected chi connectivity index (χ1v) is 11.1. The van der Waals surface area contributed by atoms with Crippen LogP contribution in [0.4, 0.5) is 0 Å². The number of carbonyl (C=O) groups excluding carboxylic acids is 2. The molecule has 0 saturated heterocycles. The highest BCUT2D eigenvalue weighted by molar-refractivity contribution is 6.23. The Kier molecular flexibility index (Phi) is 9.33. The molecule has 1 aliphatic carbocycles. The van der Waals surface area contributed by atoms with Crippen LogP contribution in [0.5, 0.6) is 0 Å². The summed E-state index contributed by atoms with van der Waals surface area (Å²) in [6, 6.07) is 10.2. The van der Waals surface area contributed by atoms with Gasteiger partial charge in [0.2, 0.25) is 0 Å². The molecule has 0 spiro atoms. The van der Waals surface area contributed by atoms with E-state index in [1.807, 2.05) is 39.0 Å². The molecule has 0 unspecified atom stereocenters. The zero-order valence-electron chi connectivity index (χ0n) is 19.4. The number of ketones is 2. The Morgan fingerprint density at radius 1 is 1.10 bits per heavy atom. The Morgan fingerprint density at radius 3 is 2.45 bits per heavy atom. The van der Waals surface area contributed by atoms with Crippen molar-refractivity contribution in [2.75, 3.05) is 0 Å². The minimum absolute atomic E-state index is 0. The molecule has 2 aromatic rings. The third-order valence-corrected chi connectivity index (χ3v) is 5.35. The summed E-state index contributed by atoms with van der Waals surface area (Å²) in [4.78, 5) is 29.1. The summed E-state index contributed by atoms with van der Waals surface area (Å²) < 4.78 is 0. The number of allylic oxidation sites excluding steroid dienone is 6. The molecule has 3 nitrogen and oxygen atoms in total. The van der Waals surface area contributed by atoms with Crippen LogP contribution < -0.4 is 0 Å². The van der Waals surface area contributed by atoms with Gasteiger partial charge in [-0.25, -0.2) is 0 Å². The molecule has 1 aromatic heterocycles. The van der Waals surface area contributed by atoms with Gasteiger partial charge < -0.3 is 0 Å². The van der Waals surface area contributed by atoms with Crippen molar-refractivity contribution in [3.05, 3.63) is 88.8 Å². The first-order chi connectivity index (χ1) is 15.0. The molecule has 0 aliphatic heterocycles. The summed E-state index contributed by atoms with van der Waals surface area (Å²) in [6.45, 7) is 10.2. The van der Waals surface area contributed by atoms with Gasteiger partial charge in [0.05, 0.1) is 5.57 Å². The van der Waals surface area contributed by atoms with E-state index in [1.165, 1.54) is 22.3 Å². The molecule has 1 aliphatic rings. The Morgan fingerprint density at radius 2 is 1.81 bits per heavy atom. The van der Waals surface area contributed by atoms with Crippen molar-refractivity contribution < 1.29 is 12.4 Å². The van der Waals surface area contributed by atoms with Crippen LogP contribution in [-0.4, -0.2) is 16.6 Å². The average Bonchev–Trinajstić information content (AvgIpc) is 2.79. The van der Waals surface area contributed by atoms with Crippen LogP contribution in [-0.2, 0) is 9.59 Å². The normalized spacial score (nSPS) is 13.7. The topological polar surface area (TPSA) is 47.0 Å². The van der Waals surface area contributed by atoms with Gasteiger partial charge in [-0.15, -0.1) is 0 Å². The number of hydrogen-bond donors (Lipinski definition) is 0. The third kappa shape index (κ3) is 6.45. The van der Waals surface area contributed by atoms with E-state index < -0.39 is 0 Å². The van der Waals surface area contributed by atoms with E-state index in [1.54, 1.807) is 18.5 Å². The highest BCUT2D eigenvalue weighted by Gasteiger charge is 2.21. The molecular weight excluding hydrogens is 382 g/mol. The fourth-order valence-electron chi connectivity index (χ4n) is 3.77. The van der Waals surface area contributed by atoms with Crippen molar-refractivity contribution in [2.24, 2.45) is 0 Å². The molecule has 0 radical (unpaired) electrons. The average molecular weight is 420 g/mol. The van der Waals surface area contributed by atoms with Gasteiger partial charge in [-0.2, -0.15) is 0 Å². The molecule has 0 saturated carbocycles. The number of hydrogen-bond acceptors (Lipinski definition) is 3. The smallest absolute Gasteiger partial charge is 0.170 e. The minimum atomic E-state index is -0.0894. The number of pyridine rings is 1. The predicted molar refractivity (Wildman–Crippen MR) is 134 cm³/mol. The second-order valence-electron chi connectivity index (χ2n) is 7.49. The zero-order valence-corrected chi connectivity index (χ0v) is 19.4. The molecule has 166 valence electrons. The van der Waals surface area contributed by atoms with Gasteiger partial charge in [0.1, 0.15) is 0 Å². The van der Waals surface area contributed by atoms with Gasteiger partial charge in [0.15, 0.2) is 11.6 Å². The number of carbonyl (C=O) groups is 2. The van der Waals surface area contributed by atoms with Crippen LogP contribution in [0.15, 0.2) is 66.5 Å². The van der Waals surface area contributed by atoms with Gasteiger partial charge in [-0.05, 0) is 79.7 Å². The lowest BCUT2D eigenvalue weighted by molar-refractivity contribution is -0.121. The third-order valence-electron chi connectivity index (χ3n) is 5.35. The van der Waals surface area contributed by atoms with Crippen LogP contribution in [0.25, 0.3) is 11.1 Å².